The van der Waals surface area contributed by atoms with E-state index in [1.54, 1.807) is 26.7 Å². The summed E-state index contributed by atoms with van der Waals surface area (Å²) < 4.78 is 12.8. The first kappa shape index (κ1) is 19.9. The molecular formula is C21H27N3O4. The molecule has 1 atom stereocenters. The number of aromatic nitrogens is 2. The fourth-order valence-electron chi connectivity index (χ4n) is 3.86. The number of fused-ring (bicyclic) bond motifs is 1. The molecule has 28 heavy (non-hydrogen) atoms. The zero-order valence-electron chi connectivity index (χ0n) is 17.2. The minimum atomic E-state index is -0.385. The average Bonchev–Trinajstić information content (AvgIpc) is 3.09. The second kappa shape index (κ2) is 7.66. The second-order valence-electron chi connectivity index (χ2n) is 7.88. The maximum absolute atomic E-state index is 12.6. The predicted molar refractivity (Wildman–Crippen MR) is 106 cm³/mol. The third-order valence-corrected chi connectivity index (χ3v) is 4.93. The van der Waals surface area contributed by atoms with Gasteiger partial charge in [-0.1, -0.05) is 19.0 Å². The van der Waals surface area contributed by atoms with Gasteiger partial charge in [-0.25, -0.2) is 9.78 Å². The third kappa shape index (κ3) is 3.61. The van der Waals surface area contributed by atoms with E-state index in [2.05, 4.69) is 24.0 Å². The molecular weight excluding hydrogens is 358 g/mol. The van der Waals surface area contributed by atoms with Crippen LogP contribution in [0.1, 0.15) is 61.8 Å². The van der Waals surface area contributed by atoms with Crippen LogP contribution in [0.3, 0.4) is 0 Å². The Morgan fingerprint density at radius 1 is 1.32 bits per heavy atom. The summed E-state index contributed by atoms with van der Waals surface area (Å²) in [5.41, 5.74) is 3.01. The number of hydrogen-bond acceptors (Lipinski definition) is 6. The van der Waals surface area contributed by atoms with Crippen molar-refractivity contribution in [3.63, 3.8) is 0 Å². The molecule has 0 saturated heterocycles. The number of benzene rings is 1. The minimum absolute atomic E-state index is 0.148. The SMILES string of the molecule is CO/N=C1\CC(C)(C)[C@H](n2cncc2C(=O)OC(C)C)c2cc(OC)ccc21. The van der Waals surface area contributed by atoms with E-state index < -0.39 is 0 Å². The number of carbonyl (C=O) groups excluding carboxylic acids is 1. The highest BCUT2D eigenvalue weighted by molar-refractivity contribution is 6.03. The summed E-state index contributed by atoms with van der Waals surface area (Å²) in [6.45, 7) is 7.94. The molecule has 1 aromatic carbocycles. The van der Waals surface area contributed by atoms with Crippen molar-refractivity contribution in [3.8, 4) is 5.75 Å². The van der Waals surface area contributed by atoms with Crippen molar-refractivity contribution in [2.75, 3.05) is 14.2 Å². The van der Waals surface area contributed by atoms with Gasteiger partial charge in [0.15, 0.2) is 0 Å². The highest BCUT2D eigenvalue weighted by Gasteiger charge is 2.42. The highest BCUT2D eigenvalue weighted by Crippen LogP contribution is 2.47. The monoisotopic (exact) mass is 385 g/mol. The van der Waals surface area contributed by atoms with Crippen molar-refractivity contribution in [2.24, 2.45) is 10.6 Å². The third-order valence-electron chi connectivity index (χ3n) is 4.93. The molecule has 3 rings (SSSR count). The molecule has 1 aromatic heterocycles. The minimum Gasteiger partial charge on any atom is -0.497 e. The van der Waals surface area contributed by atoms with Gasteiger partial charge >= 0.3 is 5.97 Å². The Morgan fingerprint density at radius 3 is 2.71 bits per heavy atom. The normalized spacial score (nSPS) is 19.4. The van der Waals surface area contributed by atoms with Crippen molar-refractivity contribution in [1.82, 2.24) is 9.55 Å². The standard InChI is InChI=1S/C21H27N3O4/c1-13(2)28-20(25)18-11-22-12-24(18)19-16-9-14(26-5)7-8-15(16)17(23-27-6)10-21(19,3)4/h7-9,11-13,19H,10H2,1-6H3/b23-17+/t19-/m1/s1. The van der Waals surface area contributed by atoms with Gasteiger partial charge in [-0.3, -0.25) is 0 Å². The smallest absolute Gasteiger partial charge is 0.356 e. The summed E-state index contributed by atoms with van der Waals surface area (Å²) in [6.07, 6.45) is 3.72. The highest BCUT2D eigenvalue weighted by atomic mass is 16.6. The number of carbonyl (C=O) groups is 1. The first-order valence-corrected chi connectivity index (χ1v) is 9.29. The molecule has 0 amide bonds. The number of rotatable bonds is 5. The van der Waals surface area contributed by atoms with Crippen LogP contribution in [0.5, 0.6) is 5.75 Å². The summed E-state index contributed by atoms with van der Waals surface area (Å²) in [7, 11) is 3.18. The fraction of sp³-hybridized carbons (Fsp3) is 0.476. The van der Waals surface area contributed by atoms with Crippen molar-refractivity contribution in [2.45, 2.75) is 46.3 Å². The molecule has 150 valence electrons. The molecule has 0 unspecified atom stereocenters. The van der Waals surface area contributed by atoms with E-state index >= 15 is 0 Å². The molecule has 7 nitrogen and oxygen atoms in total. The predicted octanol–water partition coefficient (Wildman–Crippen LogP) is 3.83. The Hall–Kier alpha value is -2.83. The molecule has 0 bridgehead atoms. The molecule has 1 heterocycles. The van der Waals surface area contributed by atoms with Crippen LogP contribution in [-0.2, 0) is 9.57 Å². The van der Waals surface area contributed by atoms with Crippen LogP contribution >= 0.6 is 0 Å². The van der Waals surface area contributed by atoms with Crippen LogP contribution in [0.4, 0.5) is 0 Å². The van der Waals surface area contributed by atoms with Gasteiger partial charge in [0.1, 0.15) is 18.6 Å². The Labute approximate surface area is 165 Å². The quantitative estimate of drug-likeness (QED) is 0.578. The summed E-state index contributed by atoms with van der Waals surface area (Å²) in [5, 5.41) is 4.25. The zero-order valence-corrected chi connectivity index (χ0v) is 17.2. The van der Waals surface area contributed by atoms with Gasteiger partial charge in [-0.05, 0) is 43.0 Å². The van der Waals surface area contributed by atoms with E-state index in [1.165, 1.54) is 0 Å². The maximum Gasteiger partial charge on any atom is 0.356 e. The molecule has 0 fully saturated rings. The van der Waals surface area contributed by atoms with E-state index in [9.17, 15) is 4.79 Å². The number of imidazole rings is 1. The Bertz CT molecular complexity index is 899. The second-order valence-corrected chi connectivity index (χ2v) is 7.88. The number of nitrogens with zero attached hydrogens (tertiary/aromatic N) is 3. The summed E-state index contributed by atoms with van der Waals surface area (Å²) in [6, 6.07) is 5.73. The first-order valence-electron chi connectivity index (χ1n) is 9.29. The van der Waals surface area contributed by atoms with Crippen LogP contribution in [0.2, 0.25) is 0 Å². The van der Waals surface area contributed by atoms with E-state index in [0.29, 0.717) is 12.1 Å². The first-order chi connectivity index (χ1) is 13.3. The summed E-state index contributed by atoms with van der Waals surface area (Å²) in [4.78, 5) is 22.0. The summed E-state index contributed by atoms with van der Waals surface area (Å²) in [5.74, 6) is 0.355. The number of esters is 1. The van der Waals surface area contributed by atoms with Crippen molar-refractivity contribution in [3.05, 3.63) is 47.5 Å². The van der Waals surface area contributed by atoms with Gasteiger partial charge in [0.05, 0.1) is 37.5 Å². The van der Waals surface area contributed by atoms with Crippen LogP contribution in [0, 0.1) is 5.41 Å². The van der Waals surface area contributed by atoms with E-state index in [4.69, 9.17) is 14.3 Å². The molecule has 0 N–H and O–H groups in total. The maximum atomic E-state index is 12.6. The number of hydrogen-bond donors (Lipinski definition) is 0. The lowest BCUT2D eigenvalue weighted by molar-refractivity contribution is 0.0359. The fourth-order valence-corrected chi connectivity index (χ4v) is 3.86. The van der Waals surface area contributed by atoms with Gasteiger partial charge < -0.3 is 18.9 Å². The van der Waals surface area contributed by atoms with Crippen molar-refractivity contribution < 1.29 is 19.1 Å². The lowest BCUT2D eigenvalue weighted by Gasteiger charge is -2.41. The van der Waals surface area contributed by atoms with Gasteiger partial charge in [0.2, 0.25) is 0 Å². The molecule has 0 spiro atoms. The molecule has 1 aliphatic carbocycles. The number of ether oxygens (including phenoxy) is 2. The van der Waals surface area contributed by atoms with Gasteiger partial charge in [0, 0.05) is 12.0 Å². The van der Waals surface area contributed by atoms with Crippen LogP contribution in [0.25, 0.3) is 0 Å². The molecule has 2 aromatic rings. The van der Waals surface area contributed by atoms with Crippen LogP contribution in [-0.4, -0.2) is 41.6 Å². The van der Waals surface area contributed by atoms with Gasteiger partial charge in [-0.2, -0.15) is 0 Å². The molecule has 0 saturated carbocycles. The van der Waals surface area contributed by atoms with E-state index in [1.807, 2.05) is 36.6 Å². The topological polar surface area (TPSA) is 74.9 Å². The van der Waals surface area contributed by atoms with E-state index in [-0.39, 0.29) is 23.5 Å². The van der Waals surface area contributed by atoms with Crippen molar-refractivity contribution >= 4 is 11.7 Å². The van der Waals surface area contributed by atoms with Crippen molar-refractivity contribution in [1.29, 1.82) is 0 Å². The molecule has 0 radical (unpaired) electrons. The Balaban J connectivity index is 2.18. The molecule has 1 aliphatic rings. The van der Waals surface area contributed by atoms with Crippen LogP contribution in [0.15, 0.2) is 35.9 Å². The molecule has 7 heteroatoms. The van der Waals surface area contributed by atoms with Crippen LogP contribution < -0.4 is 4.74 Å². The largest absolute Gasteiger partial charge is 0.497 e. The lowest BCUT2D eigenvalue weighted by atomic mass is 9.69. The van der Waals surface area contributed by atoms with Gasteiger partial charge in [0.25, 0.3) is 0 Å². The number of methoxy groups -OCH3 is 1. The summed E-state index contributed by atoms with van der Waals surface area (Å²) >= 11 is 0. The van der Waals surface area contributed by atoms with Gasteiger partial charge in [-0.15, -0.1) is 0 Å². The Morgan fingerprint density at radius 2 is 2.07 bits per heavy atom. The Kier molecular flexibility index (Phi) is 5.45. The zero-order chi connectivity index (χ0) is 20.5. The van der Waals surface area contributed by atoms with E-state index in [0.717, 1.165) is 22.6 Å². The number of oxime groups is 1. The average molecular weight is 385 g/mol. The molecule has 0 aliphatic heterocycles. The lowest BCUT2D eigenvalue weighted by Crippen LogP contribution is -2.37.